The lowest BCUT2D eigenvalue weighted by atomic mass is 10.2. The minimum atomic E-state index is -0.342. The summed E-state index contributed by atoms with van der Waals surface area (Å²) in [5.41, 5.74) is 0.757. The van der Waals surface area contributed by atoms with Gasteiger partial charge in [-0.15, -0.1) is 0 Å². The first-order valence-electron chi connectivity index (χ1n) is 6.37. The Balaban J connectivity index is 1.82. The van der Waals surface area contributed by atoms with Crippen LogP contribution >= 0.6 is 0 Å². The molecule has 0 bridgehead atoms. The van der Waals surface area contributed by atoms with Crippen molar-refractivity contribution in [2.75, 3.05) is 26.3 Å². The number of carbonyl (C=O) groups excluding carboxylic acids is 1. The smallest absolute Gasteiger partial charge is 0.319 e. The predicted molar refractivity (Wildman–Crippen MR) is 75.7 cm³/mol. The van der Waals surface area contributed by atoms with Gasteiger partial charge >= 0.3 is 6.01 Å². The predicted octanol–water partition coefficient (Wildman–Crippen LogP) is 1.47. The highest BCUT2D eigenvalue weighted by Gasteiger charge is 2.18. The van der Waals surface area contributed by atoms with Crippen molar-refractivity contribution in [1.82, 2.24) is 9.97 Å². The molecule has 0 fully saturated rings. The van der Waals surface area contributed by atoms with E-state index in [0.29, 0.717) is 22.7 Å². The number of nitrogens with zero attached hydrogens (tertiary/aromatic N) is 2. The van der Waals surface area contributed by atoms with E-state index in [1.165, 1.54) is 20.4 Å². The van der Waals surface area contributed by atoms with E-state index in [1.807, 2.05) is 0 Å². The molecule has 0 atom stereocenters. The van der Waals surface area contributed by atoms with Gasteiger partial charge in [0.15, 0.2) is 11.5 Å². The monoisotopic (exact) mass is 303 g/mol. The van der Waals surface area contributed by atoms with Crippen LogP contribution in [0.2, 0.25) is 0 Å². The van der Waals surface area contributed by atoms with Gasteiger partial charge in [-0.2, -0.15) is 4.98 Å². The minimum absolute atomic E-state index is 0.151. The van der Waals surface area contributed by atoms with Crippen molar-refractivity contribution in [2.45, 2.75) is 0 Å². The van der Waals surface area contributed by atoms with Crippen molar-refractivity contribution in [3.63, 3.8) is 0 Å². The van der Waals surface area contributed by atoms with E-state index in [1.54, 1.807) is 18.2 Å². The van der Waals surface area contributed by atoms with E-state index in [0.717, 1.165) is 0 Å². The molecular formula is C14H13N3O5. The number of methoxy groups -OCH3 is 2. The van der Waals surface area contributed by atoms with Crippen molar-refractivity contribution in [3.05, 3.63) is 30.0 Å². The number of carbonyl (C=O) groups is 1. The van der Waals surface area contributed by atoms with Gasteiger partial charge in [-0.1, -0.05) is 0 Å². The second kappa shape index (κ2) is 5.76. The third-order valence-corrected chi connectivity index (χ3v) is 2.99. The second-order valence-corrected chi connectivity index (χ2v) is 4.30. The van der Waals surface area contributed by atoms with E-state index in [4.69, 9.17) is 18.9 Å². The molecule has 3 rings (SSSR count). The fraction of sp³-hybridized carbons (Fsp3) is 0.214. The highest BCUT2D eigenvalue weighted by Crippen LogP contribution is 2.33. The summed E-state index contributed by atoms with van der Waals surface area (Å²) in [4.78, 5) is 20.2. The summed E-state index contributed by atoms with van der Waals surface area (Å²) in [5.74, 6) is 1.01. The first kappa shape index (κ1) is 13.9. The van der Waals surface area contributed by atoms with Gasteiger partial charge < -0.3 is 24.3 Å². The van der Waals surface area contributed by atoms with Gasteiger partial charge in [-0.3, -0.25) is 4.79 Å². The molecular weight excluding hydrogens is 290 g/mol. The van der Waals surface area contributed by atoms with Crippen LogP contribution in [0.4, 0.5) is 5.69 Å². The van der Waals surface area contributed by atoms with Crippen LogP contribution in [-0.2, 0) is 0 Å². The third kappa shape index (κ3) is 2.58. The SMILES string of the molecule is COc1ncc(NC(=O)c2ccc3c(c2)OCO3)c(OC)n1. The number of hydrogen-bond donors (Lipinski definition) is 1. The molecule has 114 valence electrons. The Morgan fingerprint density at radius 3 is 2.82 bits per heavy atom. The molecule has 0 saturated carbocycles. The van der Waals surface area contributed by atoms with Crippen molar-refractivity contribution >= 4 is 11.6 Å². The fourth-order valence-corrected chi connectivity index (χ4v) is 1.92. The molecule has 0 saturated heterocycles. The molecule has 8 nitrogen and oxygen atoms in total. The van der Waals surface area contributed by atoms with Crippen molar-refractivity contribution in [3.8, 4) is 23.4 Å². The molecule has 8 heteroatoms. The molecule has 1 aliphatic heterocycles. The topological polar surface area (TPSA) is 91.8 Å². The maximum Gasteiger partial charge on any atom is 0.319 e. The maximum atomic E-state index is 12.3. The van der Waals surface area contributed by atoms with Crippen LogP contribution in [-0.4, -0.2) is 36.9 Å². The highest BCUT2D eigenvalue weighted by molar-refractivity contribution is 6.05. The summed E-state index contributed by atoms with van der Waals surface area (Å²) in [6.45, 7) is 0.153. The molecule has 1 aromatic heterocycles. The quantitative estimate of drug-likeness (QED) is 0.914. The van der Waals surface area contributed by atoms with E-state index >= 15 is 0 Å². The van der Waals surface area contributed by atoms with Crippen LogP contribution in [0.25, 0.3) is 0 Å². The average Bonchev–Trinajstić information content (AvgIpc) is 3.02. The van der Waals surface area contributed by atoms with Crippen LogP contribution in [0.5, 0.6) is 23.4 Å². The number of fused-ring (bicyclic) bond motifs is 1. The summed E-state index contributed by atoms with van der Waals surface area (Å²) < 4.78 is 20.5. The van der Waals surface area contributed by atoms with E-state index in [9.17, 15) is 4.79 Å². The van der Waals surface area contributed by atoms with Crippen LogP contribution in [0, 0.1) is 0 Å². The minimum Gasteiger partial charge on any atom is -0.479 e. The average molecular weight is 303 g/mol. The Kier molecular flexibility index (Phi) is 3.65. The molecule has 1 aromatic carbocycles. The normalized spacial score (nSPS) is 11.9. The number of nitrogens with one attached hydrogen (secondary N) is 1. The lowest BCUT2D eigenvalue weighted by Gasteiger charge is -2.10. The molecule has 0 radical (unpaired) electrons. The van der Waals surface area contributed by atoms with Gasteiger partial charge in [0.1, 0.15) is 5.69 Å². The molecule has 1 amide bonds. The van der Waals surface area contributed by atoms with E-state index in [-0.39, 0.29) is 24.6 Å². The highest BCUT2D eigenvalue weighted by atomic mass is 16.7. The lowest BCUT2D eigenvalue weighted by molar-refractivity contribution is 0.102. The first-order valence-corrected chi connectivity index (χ1v) is 6.37. The number of anilines is 1. The van der Waals surface area contributed by atoms with Crippen LogP contribution in [0.1, 0.15) is 10.4 Å². The van der Waals surface area contributed by atoms with Crippen LogP contribution in [0.15, 0.2) is 24.4 Å². The largest absolute Gasteiger partial charge is 0.479 e. The molecule has 1 aliphatic rings. The Morgan fingerprint density at radius 2 is 2.05 bits per heavy atom. The zero-order chi connectivity index (χ0) is 15.5. The fourth-order valence-electron chi connectivity index (χ4n) is 1.92. The zero-order valence-corrected chi connectivity index (χ0v) is 12.0. The Bertz CT molecular complexity index is 720. The summed E-state index contributed by atoms with van der Waals surface area (Å²) in [5, 5.41) is 2.68. The lowest BCUT2D eigenvalue weighted by Crippen LogP contribution is -2.13. The Morgan fingerprint density at radius 1 is 1.23 bits per heavy atom. The number of aromatic nitrogens is 2. The standard InChI is InChI=1S/C14H13N3O5/c1-19-13-9(6-15-14(17-13)20-2)16-12(18)8-3-4-10-11(5-8)22-7-21-10/h3-6H,7H2,1-2H3,(H,16,18). The summed E-state index contributed by atoms with van der Waals surface area (Å²) in [6.07, 6.45) is 1.41. The van der Waals surface area contributed by atoms with Gasteiger partial charge in [0.2, 0.25) is 12.7 Å². The number of benzene rings is 1. The molecule has 0 aliphatic carbocycles. The van der Waals surface area contributed by atoms with Gasteiger partial charge in [0.25, 0.3) is 5.91 Å². The van der Waals surface area contributed by atoms with E-state index < -0.39 is 0 Å². The van der Waals surface area contributed by atoms with Gasteiger partial charge in [0.05, 0.1) is 20.4 Å². The van der Waals surface area contributed by atoms with Crippen molar-refractivity contribution in [1.29, 1.82) is 0 Å². The van der Waals surface area contributed by atoms with Gasteiger partial charge in [-0.25, -0.2) is 4.98 Å². The summed E-state index contributed by atoms with van der Waals surface area (Å²) in [6, 6.07) is 5.07. The summed E-state index contributed by atoms with van der Waals surface area (Å²) >= 11 is 0. The van der Waals surface area contributed by atoms with Gasteiger partial charge in [0, 0.05) is 5.56 Å². The number of rotatable bonds is 4. The molecule has 22 heavy (non-hydrogen) atoms. The number of hydrogen-bond acceptors (Lipinski definition) is 7. The van der Waals surface area contributed by atoms with E-state index in [2.05, 4.69) is 15.3 Å². The van der Waals surface area contributed by atoms with Gasteiger partial charge in [-0.05, 0) is 18.2 Å². The molecule has 1 N–H and O–H groups in total. The first-order chi connectivity index (χ1) is 10.7. The zero-order valence-electron chi connectivity index (χ0n) is 12.0. The molecule has 2 heterocycles. The Labute approximate surface area is 126 Å². The number of amides is 1. The molecule has 2 aromatic rings. The van der Waals surface area contributed by atoms with Crippen molar-refractivity contribution in [2.24, 2.45) is 0 Å². The Hall–Kier alpha value is -3.03. The maximum absolute atomic E-state index is 12.3. The molecule has 0 spiro atoms. The summed E-state index contributed by atoms with van der Waals surface area (Å²) in [7, 11) is 2.89. The van der Waals surface area contributed by atoms with Crippen LogP contribution in [0.3, 0.4) is 0 Å². The third-order valence-electron chi connectivity index (χ3n) is 2.99. The second-order valence-electron chi connectivity index (χ2n) is 4.30. The van der Waals surface area contributed by atoms with Crippen molar-refractivity contribution < 1.29 is 23.7 Å². The van der Waals surface area contributed by atoms with Crippen LogP contribution < -0.4 is 24.3 Å². The molecule has 0 unspecified atom stereocenters. The number of ether oxygens (including phenoxy) is 4.